The van der Waals surface area contributed by atoms with Crippen LogP contribution in [0, 0.1) is 0 Å². The standard InChI is InChI=1S/C13H10F3N3O3/c1-19-11(21)9(6-17-12(19)22)10(20)18-8-4-2-7(3-5-8)13(14,15)16/h2-6H,1H3,(H,17,22)(H,18,20). The molecule has 22 heavy (non-hydrogen) atoms. The van der Waals surface area contributed by atoms with Gasteiger partial charge in [0.1, 0.15) is 5.56 Å². The molecule has 0 fully saturated rings. The van der Waals surface area contributed by atoms with Crippen LogP contribution in [0.2, 0.25) is 0 Å². The summed E-state index contributed by atoms with van der Waals surface area (Å²) in [4.78, 5) is 37.0. The molecule has 0 aliphatic carbocycles. The topological polar surface area (TPSA) is 84.0 Å². The van der Waals surface area contributed by atoms with E-state index in [-0.39, 0.29) is 11.3 Å². The molecule has 2 rings (SSSR count). The summed E-state index contributed by atoms with van der Waals surface area (Å²) in [7, 11) is 1.19. The first-order chi connectivity index (χ1) is 10.2. The fourth-order valence-electron chi connectivity index (χ4n) is 1.67. The first-order valence-corrected chi connectivity index (χ1v) is 5.97. The lowest BCUT2D eigenvalue weighted by atomic mass is 10.2. The van der Waals surface area contributed by atoms with Crippen molar-refractivity contribution in [2.75, 3.05) is 5.32 Å². The molecule has 0 unspecified atom stereocenters. The number of nitrogens with one attached hydrogen (secondary N) is 2. The van der Waals surface area contributed by atoms with E-state index in [1.54, 1.807) is 0 Å². The van der Waals surface area contributed by atoms with Crippen molar-refractivity contribution in [1.82, 2.24) is 9.55 Å². The number of halogens is 3. The van der Waals surface area contributed by atoms with Crippen LogP contribution in [-0.4, -0.2) is 15.5 Å². The van der Waals surface area contributed by atoms with Crippen LogP contribution in [-0.2, 0) is 13.2 Å². The average molecular weight is 313 g/mol. The van der Waals surface area contributed by atoms with Crippen molar-refractivity contribution in [3.63, 3.8) is 0 Å². The van der Waals surface area contributed by atoms with Gasteiger partial charge in [0.25, 0.3) is 11.5 Å². The molecule has 0 spiro atoms. The number of aromatic nitrogens is 2. The number of benzene rings is 1. The minimum Gasteiger partial charge on any atom is -0.322 e. The van der Waals surface area contributed by atoms with Crippen molar-refractivity contribution < 1.29 is 18.0 Å². The van der Waals surface area contributed by atoms with E-state index in [1.165, 1.54) is 7.05 Å². The Labute approximate surface area is 121 Å². The molecule has 2 N–H and O–H groups in total. The number of rotatable bonds is 2. The SMILES string of the molecule is Cn1c(=O)[nH]cc(C(=O)Nc2ccc(C(F)(F)F)cc2)c1=O. The maximum atomic E-state index is 12.4. The molecule has 0 bridgehead atoms. The van der Waals surface area contributed by atoms with E-state index in [9.17, 15) is 27.6 Å². The highest BCUT2D eigenvalue weighted by atomic mass is 19.4. The second-order valence-electron chi connectivity index (χ2n) is 4.40. The van der Waals surface area contributed by atoms with Crippen LogP contribution in [0.25, 0.3) is 0 Å². The maximum absolute atomic E-state index is 12.4. The quantitative estimate of drug-likeness (QED) is 0.877. The Balaban J connectivity index is 2.25. The van der Waals surface area contributed by atoms with Crippen LogP contribution < -0.4 is 16.6 Å². The summed E-state index contributed by atoms with van der Waals surface area (Å²) in [5.74, 6) is -0.836. The predicted octanol–water partition coefficient (Wildman–Crippen LogP) is 1.34. The van der Waals surface area contributed by atoms with Gasteiger partial charge in [0.05, 0.1) is 5.56 Å². The minimum absolute atomic E-state index is 0.0891. The average Bonchev–Trinajstić information content (AvgIpc) is 2.44. The van der Waals surface area contributed by atoms with Crippen molar-refractivity contribution >= 4 is 11.6 Å². The molecule has 0 saturated heterocycles. The third-order valence-electron chi connectivity index (χ3n) is 2.89. The van der Waals surface area contributed by atoms with Crippen LogP contribution in [0.4, 0.5) is 18.9 Å². The number of alkyl halides is 3. The predicted molar refractivity (Wildman–Crippen MR) is 71.7 cm³/mol. The molecule has 2 aromatic rings. The third kappa shape index (κ3) is 3.08. The molecule has 6 nitrogen and oxygen atoms in total. The van der Waals surface area contributed by atoms with Crippen molar-refractivity contribution in [2.24, 2.45) is 7.05 Å². The number of amides is 1. The molecular formula is C13H10F3N3O3. The Morgan fingerprint density at radius 2 is 1.77 bits per heavy atom. The second-order valence-corrected chi connectivity index (χ2v) is 4.40. The second kappa shape index (κ2) is 5.51. The van der Waals surface area contributed by atoms with Crippen LogP contribution in [0.1, 0.15) is 15.9 Å². The summed E-state index contributed by atoms with van der Waals surface area (Å²) in [5, 5.41) is 2.28. The van der Waals surface area contributed by atoms with Crippen molar-refractivity contribution in [3.8, 4) is 0 Å². The number of hydrogen-bond donors (Lipinski definition) is 2. The molecule has 0 radical (unpaired) electrons. The summed E-state index contributed by atoms with van der Waals surface area (Å²) in [6, 6.07) is 3.74. The number of hydrogen-bond acceptors (Lipinski definition) is 3. The van der Waals surface area contributed by atoms with Gasteiger partial charge in [-0.2, -0.15) is 13.2 Å². The maximum Gasteiger partial charge on any atom is 0.416 e. The van der Waals surface area contributed by atoms with Gasteiger partial charge < -0.3 is 10.3 Å². The normalized spacial score (nSPS) is 11.3. The first kappa shape index (κ1) is 15.5. The summed E-state index contributed by atoms with van der Waals surface area (Å²) >= 11 is 0. The zero-order valence-electron chi connectivity index (χ0n) is 11.2. The number of carbonyl (C=O) groups excluding carboxylic acids is 1. The number of nitrogens with zero attached hydrogens (tertiary/aromatic N) is 1. The Hall–Kier alpha value is -2.84. The number of H-pyrrole nitrogens is 1. The highest BCUT2D eigenvalue weighted by Gasteiger charge is 2.30. The summed E-state index contributed by atoms with van der Waals surface area (Å²) in [5.41, 5.74) is -2.59. The fourth-order valence-corrected chi connectivity index (χ4v) is 1.67. The van der Waals surface area contributed by atoms with Gasteiger partial charge >= 0.3 is 11.9 Å². The Morgan fingerprint density at radius 1 is 1.18 bits per heavy atom. The van der Waals surface area contributed by atoms with Gasteiger partial charge in [-0.3, -0.25) is 14.2 Å². The smallest absolute Gasteiger partial charge is 0.322 e. The lowest BCUT2D eigenvalue weighted by Gasteiger charge is -2.08. The molecule has 1 aromatic carbocycles. The molecule has 0 aliphatic heterocycles. The Kier molecular flexibility index (Phi) is 3.89. The molecule has 1 aromatic heterocycles. The van der Waals surface area contributed by atoms with E-state index in [0.717, 1.165) is 30.5 Å². The van der Waals surface area contributed by atoms with Gasteiger partial charge in [0.2, 0.25) is 0 Å². The van der Waals surface area contributed by atoms with Crippen molar-refractivity contribution in [2.45, 2.75) is 6.18 Å². The van der Waals surface area contributed by atoms with Crippen LogP contribution in [0.3, 0.4) is 0 Å². The Bertz CT molecular complexity index is 819. The van der Waals surface area contributed by atoms with Gasteiger partial charge in [-0.15, -0.1) is 0 Å². The van der Waals surface area contributed by atoms with Gasteiger partial charge in [-0.25, -0.2) is 4.79 Å². The van der Waals surface area contributed by atoms with Crippen molar-refractivity contribution in [1.29, 1.82) is 0 Å². The molecule has 0 atom stereocenters. The van der Waals surface area contributed by atoms with Crippen LogP contribution >= 0.6 is 0 Å². The van der Waals surface area contributed by atoms with Crippen molar-refractivity contribution in [3.05, 3.63) is 62.4 Å². The number of anilines is 1. The lowest BCUT2D eigenvalue weighted by Crippen LogP contribution is -2.37. The molecular weight excluding hydrogens is 303 g/mol. The third-order valence-corrected chi connectivity index (χ3v) is 2.89. The molecule has 1 amide bonds. The van der Waals surface area contributed by atoms with E-state index in [4.69, 9.17) is 0 Å². The van der Waals surface area contributed by atoms with Gasteiger partial charge in [0.15, 0.2) is 0 Å². The zero-order valence-corrected chi connectivity index (χ0v) is 11.2. The number of aromatic amines is 1. The minimum atomic E-state index is -4.47. The molecule has 1 heterocycles. The van der Waals surface area contributed by atoms with Crippen LogP contribution in [0.15, 0.2) is 40.1 Å². The molecule has 9 heteroatoms. The highest BCUT2D eigenvalue weighted by Crippen LogP contribution is 2.29. The van der Waals surface area contributed by atoms with E-state index in [1.807, 2.05) is 0 Å². The summed E-state index contributed by atoms with van der Waals surface area (Å²) in [6.07, 6.45) is -3.53. The van der Waals surface area contributed by atoms with Gasteiger partial charge in [0, 0.05) is 18.9 Å². The monoisotopic (exact) mass is 313 g/mol. The van der Waals surface area contributed by atoms with Gasteiger partial charge in [-0.05, 0) is 24.3 Å². The first-order valence-electron chi connectivity index (χ1n) is 5.97. The van der Waals surface area contributed by atoms with E-state index < -0.39 is 28.9 Å². The zero-order chi connectivity index (χ0) is 16.5. The number of carbonyl (C=O) groups is 1. The van der Waals surface area contributed by atoms with E-state index in [0.29, 0.717) is 4.57 Å². The van der Waals surface area contributed by atoms with Crippen LogP contribution in [0.5, 0.6) is 0 Å². The molecule has 0 saturated carbocycles. The Morgan fingerprint density at radius 3 is 2.32 bits per heavy atom. The van der Waals surface area contributed by atoms with Gasteiger partial charge in [-0.1, -0.05) is 0 Å². The largest absolute Gasteiger partial charge is 0.416 e. The van der Waals surface area contributed by atoms with E-state index >= 15 is 0 Å². The fraction of sp³-hybridized carbons (Fsp3) is 0.154. The van der Waals surface area contributed by atoms with E-state index in [2.05, 4.69) is 10.3 Å². The highest BCUT2D eigenvalue weighted by molar-refractivity contribution is 6.03. The summed E-state index contributed by atoms with van der Waals surface area (Å²) in [6.45, 7) is 0. The summed E-state index contributed by atoms with van der Waals surface area (Å²) < 4.78 is 38.0. The molecule has 116 valence electrons. The molecule has 0 aliphatic rings. The lowest BCUT2D eigenvalue weighted by molar-refractivity contribution is -0.137.